The van der Waals surface area contributed by atoms with E-state index in [1.165, 1.54) is 11.8 Å². The fraction of sp³-hybridized carbons (Fsp3) is 0.667. The van der Waals surface area contributed by atoms with Crippen molar-refractivity contribution in [3.05, 3.63) is 0 Å². The summed E-state index contributed by atoms with van der Waals surface area (Å²) in [5.41, 5.74) is 11.8. The van der Waals surface area contributed by atoms with Gasteiger partial charge in [-0.3, -0.25) is 0 Å². The van der Waals surface area contributed by atoms with Crippen LogP contribution >= 0.6 is 11.8 Å². The Labute approximate surface area is 127 Å². The molecule has 0 aliphatic heterocycles. The highest BCUT2D eigenvalue weighted by atomic mass is 32.2. The van der Waals surface area contributed by atoms with Crippen molar-refractivity contribution in [1.29, 1.82) is 0 Å². The summed E-state index contributed by atoms with van der Waals surface area (Å²) in [6.07, 6.45) is -1.91. The first-order chi connectivity index (χ1) is 9.93. The molecule has 1 aliphatic carbocycles. The lowest BCUT2D eigenvalue weighted by Crippen LogP contribution is -2.39. The molecule has 0 spiro atoms. The third-order valence-corrected chi connectivity index (χ3v) is 4.41. The number of aliphatic hydroxyl groups excluding tert-OH is 3. The van der Waals surface area contributed by atoms with Gasteiger partial charge >= 0.3 is 0 Å². The lowest BCUT2D eigenvalue weighted by atomic mass is 10.2. The van der Waals surface area contributed by atoms with Crippen LogP contribution < -0.4 is 16.8 Å². The van der Waals surface area contributed by atoms with Crippen molar-refractivity contribution in [3.63, 3.8) is 0 Å². The van der Waals surface area contributed by atoms with E-state index < -0.39 is 24.4 Å². The number of nitrogens with zero attached hydrogens (tertiary/aromatic N) is 2. The Morgan fingerprint density at radius 3 is 2.52 bits per heavy atom. The first-order valence-corrected chi connectivity index (χ1v) is 7.79. The number of nitrogen functional groups attached to an aromatic ring is 2. The van der Waals surface area contributed by atoms with Crippen molar-refractivity contribution in [3.8, 4) is 0 Å². The molecule has 9 heteroatoms. The van der Waals surface area contributed by atoms with E-state index in [9.17, 15) is 15.3 Å². The van der Waals surface area contributed by atoms with Gasteiger partial charge in [0.15, 0.2) is 16.8 Å². The van der Waals surface area contributed by atoms with Crippen LogP contribution in [-0.2, 0) is 0 Å². The van der Waals surface area contributed by atoms with Crippen LogP contribution in [0.1, 0.15) is 19.8 Å². The van der Waals surface area contributed by atoms with Crippen molar-refractivity contribution >= 4 is 29.1 Å². The highest BCUT2D eigenvalue weighted by molar-refractivity contribution is 7.99. The SMILES string of the molecule is CCCSc1nc(N)c(N)c(NC2C(O)CC(O)C2O)n1. The number of hydrogen-bond acceptors (Lipinski definition) is 9. The molecule has 1 saturated carbocycles. The van der Waals surface area contributed by atoms with Gasteiger partial charge in [0, 0.05) is 12.2 Å². The Hall–Kier alpha value is -1.29. The van der Waals surface area contributed by atoms with Crippen LogP contribution in [0.2, 0.25) is 0 Å². The second kappa shape index (κ2) is 6.65. The number of aromatic nitrogens is 2. The third-order valence-electron chi connectivity index (χ3n) is 3.35. The molecule has 4 atom stereocenters. The maximum atomic E-state index is 9.87. The van der Waals surface area contributed by atoms with E-state index in [2.05, 4.69) is 15.3 Å². The minimum absolute atomic E-state index is 0.0940. The molecule has 118 valence electrons. The van der Waals surface area contributed by atoms with E-state index in [0.717, 1.165) is 12.2 Å². The molecule has 1 aliphatic rings. The number of thioether (sulfide) groups is 1. The Morgan fingerprint density at radius 2 is 1.95 bits per heavy atom. The molecule has 0 amide bonds. The Morgan fingerprint density at radius 1 is 1.24 bits per heavy atom. The van der Waals surface area contributed by atoms with Crippen LogP contribution in [0.25, 0.3) is 0 Å². The molecular weight excluding hydrogens is 294 g/mol. The predicted octanol–water partition coefficient (Wildman–Crippen LogP) is -0.590. The standard InChI is InChI=1S/C12H21N5O3S/c1-2-3-21-12-16-10(14)7(13)11(17-12)15-8-5(18)4-6(19)9(8)20/h5-6,8-9,18-20H,2-4,13H2,1H3,(H3,14,15,16,17). The van der Waals surface area contributed by atoms with Gasteiger partial charge in [-0.2, -0.15) is 0 Å². The number of nitrogens with one attached hydrogen (secondary N) is 1. The normalized spacial score (nSPS) is 28.8. The highest BCUT2D eigenvalue weighted by Crippen LogP contribution is 2.30. The maximum Gasteiger partial charge on any atom is 0.191 e. The van der Waals surface area contributed by atoms with Gasteiger partial charge in [0.1, 0.15) is 11.8 Å². The second-order valence-electron chi connectivity index (χ2n) is 5.03. The summed E-state index contributed by atoms with van der Waals surface area (Å²) in [6.45, 7) is 2.04. The molecule has 0 saturated heterocycles. The summed E-state index contributed by atoms with van der Waals surface area (Å²) in [5.74, 6) is 1.25. The van der Waals surface area contributed by atoms with Gasteiger partial charge < -0.3 is 32.1 Å². The molecule has 8 N–H and O–H groups in total. The van der Waals surface area contributed by atoms with Crippen LogP contribution in [0.4, 0.5) is 17.3 Å². The summed E-state index contributed by atoms with van der Waals surface area (Å²) >= 11 is 1.45. The van der Waals surface area contributed by atoms with Crippen LogP contribution in [-0.4, -0.2) is 55.4 Å². The van der Waals surface area contributed by atoms with E-state index in [0.29, 0.717) is 5.16 Å². The Balaban J connectivity index is 2.20. The fourth-order valence-corrected chi connectivity index (χ4v) is 2.88. The van der Waals surface area contributed by atoms with E-state index in [1.54, 1.807) is 0 Å². The van der Waals surface area contributed by atoms with Gasteiger partial charge in [0.2, 0.25) is 0 Å². The number of hydrogen-bond donors (Lipinski definition) is 6. The molecule has 1 fully saturated rings. The molecular formula is C12H21N5O3S. The number of aliphatic hydroxyl groups is 3. The van der Waals surface area contributed by atoms with Crippen LogP contribution in [0.3, 0.4) is 0 Å². The fourth-order valence-electron chi connectivity index (χ4n) is 2.17. The summed E-state index contributed by atoms with van der Waals surface area (Å²) in [6, 6.07) is -0.749. The van der Waals surface area contributed by atoms with Crippen molar-refractivity contribution in [2.24, 2.45) is 0 Å². The quantitative estimate of drug-likeness (QED) is 0.309. The van der Waals surface area contributed by atoms with Gasteiger partial charge in [-0.05, 0) is 6.42 Å². The molecule has 2 rings (SSSR count). The zero-order valence-corrected chi connectivity index (χ0v) is 12.5. The third kappa shape index (κ3) is 3.49. The van der Waals surface area contributed by atoms with Crippen molar-refractivity contribution in [2.45, 2.75) is 49.3 Å². The van der Waals surface area contributed by atoms with Crippen LogP contribution in [0, 0.1) is 0 Å². The van der Waals surface area contributed by atoms with E-state index in [4.69, 9.17) is 11.5 Å². The van der Waals surface area contributed by atoms with Crippen LogP contribution in [0.5, 0.6) is 0 Å². The minimum Gasteiger partial charge on any atom is -0.393 e. The summed E-state index contributed by atoms with van der Waals surface area (Å²) in [5, 5.41) is 32.6. The van der Waals surface area contributed by atoms with Crippen molar-refractivity contribution in [2.75, 3.05) is 22.5 Å². The molecule has 8 nitrogen and oxygen atoms in total. The summed E-state index contributed by atoms with van der Waals surface area (Å²) in [4.78, 5) is 8.35. The van der Waals surface area contributed by atoms with Gasteiger partial charge in [-0.25, -0.2) is 9.97 Å². The van der Waals surface area contributed by atoms with E-state index >= 15 is 0 Å². The summed E-state index contributed by atoms with van der Waals surface area (Å²) < 4.78 is 0. The second-order valence-corrected chi connectivity index (χ2v) is 6.10. The Kier molecular flexibility index (Phi) is 5.09. The van der Waals surface area contributed by atoms with Gasteiger partial charge in [-0.15, -0.1) is 0 Å². The predicted molar refractivity (Wildman–Crippen MR) is 81.9 cm³/mol. The maximum absolute atomic E-state index is 9.87. The minimum atomic E-state index is -1.10. The summed E-state index contributed by atoms with van der Waals surface area (Å²) in [7, 11) is 0. The smallest absolute Gasteiger partial charge is 0.191 e. The monoisotopic (exact) mass is 315 g/mol. The molecule has 1 aromatic rings. The van der Waals surface area contributed by atoms with E-state index in [-0.39, 0.29) is 23.7 Å². The van der Waals surface area contributed by atoms with Gasteiger partial charge in [0.05, 0.1) is 18.2 Å². The largest absolute Gasteiger partial charge is 0.393 e. The topological polar surface area (TPSA) is 151 Å². The van der Waals surface area contributed by atoms with Crippen LogP contribution in [0.15, 0.2) is 5.16 Å². The molecule has 1 heterocycles. The zero-order chi connectivity index (χ0) is 15.6. The molecule has 0 bridgehead atoms. The lowest BCUT2D eigenvalue weighted by Gasteiger charge is -2.22. The number of rotatable bonds is 5. The molecule has 0 aromatic carbocycles. The van der Waals surface area contributed by atoms with Gasteiger partial charge in [0.25, 0.3) is 0 Å². The van der Waals surface area contributed by atoms with Crippen molar-refractivity contribution < 1.29 is 15.3 Å². The molecule has 1 aromatic heterocycles. The number of anilines is 3. The average molecular weight is 315 g/mol. The first kappa shape index (κ1) is 16.1. The Bertz CT molecular complexity index is 504. The average Bonchev–Trinajstić information content (AvgIpc) is 2.68. The van der Waals surface area contributed by atoms with E-state index in [1.807, 2.05) is 6.92 Å². The van der Waals surface area contributed by atoms with Gasteiger partial charge in [-0.1, -0.05) is 18.7 Å². The number of nitrogens with two attached hydrogens (primary N) is 2. The van der Waals surface area contributed by atoms with Crippen molar-refractivity contribution in [1.82, 2.24) is 9.97 Å². The molecule has 21 heavy (non-hydrogen) atoms. The zero-order valence-electron chi connectivity index (χ0n) is 11.7. The highest BCUT2D eigenvalue weighted by Gasteiger charge is 2.41. The molecule has 4 unspecified atom stereocenters. The lowest BCUT2D eigenvalue weighted by molar-refractivity contribution is 0.0388. The molecule has 0 radical (unpaired) electrons. The first-order valence-electron chi connectivity index (χ1n) is 6.80.